The van der Waals surface area contributed by atoms with Crippen molar-refractivity contribution in [1.29, 1.82) is 0 Å². The van der Waals surface area contributed by atoms with Crippen LogP contribution in [0.25, 0.3) is 6.08 Å². The predicted octanol–water partition coefficient (Wildman–Crippen LogP) is 4.56. The van der Waals surface area contributed by atoms with Gasteiger partial charge in [0.25, 0.3) is 5.91 Å². The van der Waals surface area contributed by atoms with Gasteiger partial charge in [0.05, 0.1) is 17.2 Å². The number of hydrogen-bond acceptors (Lipinski definition) is 6. The van der Waals surface area contributed by atoms with E-state index in [4.69, 9.17) is 21.7 Å². The summed E-state index contributed by atoms with van der Waals surface area (Å²) in [6.45, 7) is 3.49. The van der Waals surface area contributed by atoms with Crippen molar-refractivity contribution in [2.45, 2.75) is 13.8 Å². The highest BCUT2D eigenvalue weighted by Gasteiger charge is 2.34. The highest BCUT2D eigenvalue weighted by molar-refractivity contribution is 8.27. The summed E-state index contributed by atoms with van der Waals surface area (Å²) in [7, 11) is 0. The van der Waals surface area contributed by atoms with E-state index in [-0.39, 0.29) is 10.0 Å². The SMILES string of the molecule is CCOc1cc(/C=C2\SC(=S)N(c3ccccc3F)C2=O)ccc1OC(C)=O. The fraction of sp³-hybridized carbons (Fsp3) is 0.150. The van der Waals surface area contributed by atoms with Crippen molar-refractivity contribution < 1.29 is 23.5 Å². The molecule has 144 valence electrons. The second-order valence-corrected chi connectivity index (χ2v) is 7.38. The van der Waals surface area contributed by atoms with Gasteiger partial charge in [0.1, 0.15) is 5.82 Å². The van der Waals surface area contributed by atoms with Crippen LogP contribution >= 0.6 is 24.0 Å². The van der Waals surface area contributed by atoms with E-state index in [1.165, 1.54) is 24.0 Å². The highest BCUT2D eigenvalue weighted by Crippen LogP contribution is 2.38. The normalized spacial score (nSPS) is 15.2. The minimum Gasteiger partial charge on any atom is -0.490 e. The third-order valence-electron chi connectivity index (χ3n) is 3.71. The average Bonchev–Trinajstić information content (AvgIpc) is 2.91. The van der Waals surface area contributed by atoms with E-state index in [9.17, 15) is 14.0 Å². The lowest BCUT2D eigenvalue weighted by Crippen LogP contribution is -2.28. The Morgan fingerprint density at radius 2 is 2.00 bits per heavy atom. The van der Waals surface area contributed by atoms with Gasteiger partial charge >= 0.3 is 5.97 Å². The quantitative estimate of drug-likeness (QED) is 0.308. The molecule has 3 rings (SSSR count). The minimum absolute atomic E-state index is 0.119. The molecule has 1 fully saturated rings. The van der Waals surface area contributed by atoms with Gasteiger partial charge in [-0.25, -0.2) is 4.39 Å². The molecular formula is C20H16FNO4S2. The van der Waals surface area contributed by atoms with Crippen LogP contribution in [0, 0.1) is 5.82 Å². The highest BCUT2D eigenvalue weighted by atomic mass is 32.2. The number of halogens is 1. The van der Waals surface area contributed by atoms with Crippen molar-refractivity contribution in [1.82, 2.24) is 0 Å². The van der Waals surface area contributed by atoms with Crippen LogP contribution < -0.4 is 14.4 Å². The Bertz CT molecular complexity index is 990. The summed E-state index contributed by atoms with van der Waals surface area (Å²) >= 11 is 6.36. The number of carbonyl (C=O) groups excluding carboxylic acids is 2. The zero-order chi connectivity index (χ0) is 20.3. The molecule has 0 unspecified atom stereocenters. The van der Waals surface area contributed by atoms with Crippen molar-refractivity contribution in [3.05, 3.63) is 58.8 Å². The van der Waals surface area contributed by atoms with E-state index in [1.807, 2.05) is 6.92 Å². The third kappa shape index (κ3) is 4.23. The summed E-state index contributed by atoms with van der Waals surface area (Å²) in [5.41, 5.74) is 0.780. The third-order valence-corrected chi connectivity index (χ3v) is 5.01. The standard InChI is InChI=1S/C20H16FNO4S2/c1-3-25-17-10-13(8-9-16(17)26-12(2)23)11-18-19(24)22(20(27)28-18)15-7-5-4-6-14(15)21/h4-11H,3H2,1-2H3/b18-11-. The summed E-state index contributed by atoms with van der Waals surface area (Å²) in [6, 6.07) is 10.9. The van der Waals surface area contributed by atoms with Gasteiger partial charge in [0, 0.05) is 6.92 Å². The summed E-state index contributed by atoms with van der Waals surface area (Å²) < 4.78 is 25.0. The number of nitrogens with zero attached hydrogens (tertiary/aromatic N) is 1. The van der Waals surface area contributed by atoms with Crippen molar-refractivity contribution in [2.75, 3.05) is 11.5 Å². The number of rotatable bonds is 5. The van der Waals surface area contributed by atoms with E-state index >= 15 is 0 Å². The smallest absolute Gasteiger partial charge is 0.308 e. The first kappa shape index (κ1) is 20.0. The maximum atomic E-state index is 14.1. The summed E-state index contributed by atoms with van der Waals surface area (Å²) in [6.07, 6.45) is 1.64. The molecule has 0 radical (unpaired) electrons. The van der Waals surface area contributed by atoms with Gasteiger partial charge in [-0.15, -0.1) is 0 Å². The number of para-hydroxylation sites is 1. The van der Waals surface area contributed by atoms with Gasteiger partial charge in [-0.1, -0.05) is 42.2 Å². The maximum Gasteiger partial charge on any atom is 0.308 e. The number of amides is 1. The number of esters is 1. The van der Waals surface area contributed by atoms with Crippen LogP contribution in [-0.4, -0.2) is 22.8 Å². The van der Waals surface area contributed by atoms with Crippen LogP contribution in [-0.2, 0) is 9.59 Å². The average molecular weight is 417 g/mol. The number of thioether (sulfide) groups is 1. The molecule has 0 aromatic heterocycles. The number of ether oxygens (including phenoxy) is 2. The molecule has 8 heteroatoms. The lowest BCUT2D eigenvalue weighted by Gasteiger charge is -2.14. The monoisotopic (exact) mass is 417 g/mol. The molecule has 0 N–H and O–H groups in total. The lowest BCUT2D eigenvalue weighted by atomic mass is 10.1. The number of anilines is 1. The second-order valence-electron chi connectivity index (χ2n) is 5.70. The number of carbonyl (C=O) groups is 2. The molecule has 0 bridgehead atoms. The van der Waals surface area contributed by atoms with Crippen LogP contribution in [0.15, 0.2) is 47.4 Å². The van der Waals surface area contributed by atoms with Crippen LogP contribution in [0.3, 0.4) is 0 Å². The van der Waals surface area contributed by atoms with Gasteiger partial charge in [0.15, 0.2) is 15.8 Å². The summed E-state index contributed by atoms with van der Waals surface area (Å²) in [4.78, 5) is 25.5. The molecule has 1 heterocycles. The molecular weight excluding hydrogens is 401 g/mol. The first-order valence-corrected chi connectivity index (χ1v) is 9.61. The molecule has 2 aromatic carbocycles. The molecule has 0 spiro atoms. The van der Waals surface area contributed by atoms with E-state index in [0.29, 0.717) is 28.6 Å². The van der Waals surface area contributed by atoms with Gasteiger partial charge < -0.3 is 9.47 Å². The predicted molar refractivity (Wildman–Crippen MR) is 111 cm³/mol. The van der Waals surface area contributed by atoms with Gasteiger partial charge in [-0.3, -0.25) is 14.5 Å². The minimum atomic E-state index is -0.524. The Hall–Kier alpha value is -2.71. The molecule has 28 heavy (non-hydrogen) atoms. The first-order chi connectivity index (χ1) is 13.4. The van der Waals surface area contributed by atoms with Crippen LogP contribution in [0.4, 0.5) is 10.1 Å². The largest absolute Gasteiger partial charge is 0.490 e. The maximum absolute atomic E-state index is 14.1. The molecule has 1 aliphatic heterocycles. The summed E-state index contributed by atoms with van der Waals surface area (Å²) in [5.74, 6) is -0.701. The number of hydrogen-bond donors (Lipinski definition) is 0. The van der Waals surface area contributed by atoms with Crippen LogP contribution in [0.2, 0.25) is 0 Å². The number of benzene rings is 2. The molecule has 0 atom stereocenters. The Kier molecular flexibility index (Phi) is 6.11. The Morgan fingerprint density at radius 1 is 1.25 bits per heavy atom. The van der Waals surface area contributed by atoms with Crippen molar-refractivity contribution >= 4 is 51.9 Å². The van der Waals surface area contributed by atoms with Crippen molar-refractivity contribution in [2.24, 2.45) is 0 Å². The molecule has 1 saturated heterocycles. The lowest BCUT2D eigenvalue weighted by molar-refractivity contribution is -0.132. The molecule has 1 amide bonds. The molecule has 1 aliphatic rings. The second kappa shape index (κ2) is 8.53. The van der Waals surface area contributed by atoms with E-state index in [0.717, 1.165) is 11.8 Å². The van der Waals surface area contributed by atoms with E-state index in [2.05, 4.69) is 0 Å². The van der Waals surface area contributed by atoms with E-state index in [1.54, 1.807) is 36.4 Å². The zero-order valence-corrected chi connectivity index (χ0v) is 16.7. The topological polar surface area (TPSA) is 55.8 Å². The molecule has 2 aromatic rings. The van der Waals surface area contributed by atoms with Gasteiger partial charge in [-0.2, -0.15) is 0 Å². The number of thiocarbonyl (C=S) groups is 1. The van der Waals surface area contributed by atoms with Crippen molar-refractivity contribution in [3.63, 3.8) is 0 Å². The fourth-order valence-corrected chi connectivity index (χ4v) is 3.87. The zero-order valence-electron chi connectivity index (χ0n) is 15.1. The van der Waals surface area contributed by atoms with Crippen LogP contribution in [0.1, 0.15) is 19.4 Å². The fourth-order valence-electron chi connectivity index (χ4n) is 2.58. The Balaban J connectivity index is 1.92. The summed E-state index contributed by atoms with van der Waals surface area (Å²) in [5, 5.41) is 0. The molecule has 5 nitrogen and oxygen atoms in total. The van der Waals surface area contributed by atoms with E-state index < -0.39 is 17.7 Å². The van der Waals surface area contributed by atoms with Gasteiger partial charge in [0.2, 0.25) is 0 Å². The van der Waals surface area contributed by atoms with Gasteiger partial charge in [-0.05, 0) is 42.8 Å². The molecule has 0 aliphatic carbocycles. The van der Waals surface area contributed by atoms with Crippen LogP contribution in [0.5, 0.6) is 11.5 Å². The first-order valence-electron chi connectivity index (χ1n) is 8.38. The Labute approximate surface area is 171 Å². The Morgan fingerprint density at radius 3 is 2.68 bits per heavy atom. The van der Waals surface area contributed by atoms with Crippen molar-refractivity contribution in [3.8, 4) is 11.5 Å². The molecule has 0 saturated carbocycles.